The molecule has 0 aliphatic carbocycles. The largest absolute Gasteiger partial charge is 0.446 e. The van der Waals surface area contributed by atoms with Crippen molar-refractivity contribution in [1.29, 1.82) is 0 Å². The summed E-state index contributed by atoms with van der Waals surface area (Å²) in [4.78, 5) is 17.1. The summed E-state index contributed by atoms with van der Waals surface area (Å²) in [5.41, 5.74) is 0.713. The Kier molecular flexibility index (Phi) is 5.45. The van der Waals surface area contributed by atoms with Crippen LogP contribution in [0.5, 0.6) is 0 Å². The molecule has 5 nitrogen and oxygen atoms in total. The standard InChI is InChI=1S/C15H20ClNO4/c1-10(2)13-9-20-15(19)17(13)21-8-12(16)14(18)11-6-4-3-5-7-11/h3-7,10,12-14,18H,8-9H2,1-2H3/t12-,13-,14+/m1/s1. The zero-order valence-corrected chi connectivity index (χ0v) is 12.9. The highest BCUT2D eigenvalue weighted by molar-refractivity contribution is 6.21. The maximum atomic E-state index is 11.6. The summed E-state index contributed by atoms with van der Waals surface area (Å²) >= 11 is 6.17. The van der Waals surface area contributed by atoms with Crippen molar-refractivity contribution in [3.8, 4) is 0 Å². The number of carbonyl (C=O) groups excluding carboxylic acids is 1. The molecule has 1 aromatic carbocycles. The zero-order chi connectivity index (χ0) is 15.4. The van der Waals surface area contributed by atoms with Crippen molar-refractivity contribution in [2.24, 2.45) is 5.92 Å². The van der Waals surface area contributed by atoms with Crippen molar-refractivity contribution < 1.29 is 19.5 Å². The molecule has 0 saturated carbocycles. The van der Waals surface area contributed by atoms with Crippen LogP contribution in [0.25, 0.3) is 0 Å². The number of benzene rings is 1. The Morgan fingerprint density at radius 2 is 2.10 bits per heavy atom. The van der Waals surface area contributed by atoms with Gasteiger partial charge in [-0.25, -0.2) is 4.79 Å². The van der Waals surface area contributed by atoms with Gasteiger partial charge in [-0.15, -0.1) is 11.6 Å². The van der Waals surface area contributed by atoms with Crippen LogP contribution in [0, 0.1) is 5.92 Å². The monoisotopic (exact) mass is 313 g/mol. The Morgan fingerprint density at radius 3 is 2.71 bits per heavy atom. The fraction of sp³-hybridized carbons (Fsp3) is 0.533. The van der Waals surface area contributed by atoms with Crippen molar-refractivity contribution in [1.82, 2.24) is 5.06 Å². The van der Waals surface area contributed by atoms with E-state index >= 15 is 0 Å². The maximum Gasteiger partial charge on any atom is 0.434 e. The van der Waals surface area contributed by atoms with E-state index in [1.165, 1.54) is 5.06 Å². The average molecular weight is 314 g/mol. The number of cyclic esters (lactones) is 1. The third-order valence-corrected chi connectivity index (χ3v) is 3.85. The number of nitrogens with zero attached hydrogens (tertiary/aromatic N) is 1. The summed E-state index contributed by atoms with van der Waals surface area (Å²) in [6, 6.07) is 8.98. The molecule has 1 aliphatic heterocycles. The third-order valence-electron chi connectivity index (χ3n) is 3.48. The van der Waals surface area contributed by atoms with Crippen LogP contribution in [0.1, 0.15) is 25.5 Å². The van der Waals surface area contributed by atoms with E-state index in [-0.39, 0.29) is 18.6 Å². The number of aliphatic hydroxyl groups is 1. The van der Waals surface area contributed by atoms with E-state index in [1.54, 1.807) is 12.1 Å². The minimum atomic E-state index is -0.857. The van der Waals surface area contributed by atoms with Gasteiger partial charge in [0, 0.05) is 0 Å². The lowest BCUT2D eigenvalue weighted by molar-refractivity contribution is -0.143. The summed E-state index contributed by atoms with van der Waals surface area (Å²) < 4.78 is 4.97. The van der Waals surface area contributed by atoms with Crippen molar-refractivity contribution >= 4 is 17.7 Å². The molecule has 3 atom stereocenters. The molecule has 0 bridgehead atoms. The van der Waals surface area contributed by atoms with Crippen LogP contribution in [-0.2, 0) is 9.57 Å². The van der Waals surface area contributed by atoms with Crippen LogP contribution < -0.4 is 0 Å². The molecule has 1 aliphatic rings. The first-order chi connectivity index (χ1) is 10.0. The number of halogens is 1. The molecular weight excluding hydrogens is 294 g/mol. The number of hydrogen-bond donors (Lipinski definition) is 1. The van der Waals surface area contributed by atoms with Gasteiger partial charge in [-0.2, -0.15) is 5.06 Å². The molecule has 0 radical (unpaired) electrons. The van der Waals surface area contributed by atoms with Gasteiger partial charge in [-0.3, -0.25) is 4.84 Å². The molecule has 1 heterocycles. The van der Waals surface area contributed by atoms with Crippen molar-refractivity contribution in [3.05, 3.63) is 35.9 Å². The van der Waals surface area contributed by atoms with Gasteiger partial charge in [0.15, 0.2) is 0 Å². The first kappa shape index (κ1) is 16.1. The average Bonchev–Trinajstić information content (AvgIpc) is 2.86. The first-order valence-electron chi connectivity index (χ1n) is 6.96. The lowest BCUT2D eigenvalue weighted by Gasteiger charge is -2.25. The molecule has 2 rings (SSSR count). The van der Waals surface area contributed by atoms with Gasteiger partial charge in [-0.05, 0) is 11.5 Å². The van der Waals surface area contributed by atoms with Crippen LogP contribution in [-0.4, -0.2) is 40.9 Å². The van der Waals surface area contributed by atoms with Crippen LogP contribution >= 0.6 is 11.6 Å². The SMILES string of the molecule is CC(C)[C@H]1COC(=O)N1OC[C@@H](Cl)[C@@H](O)c1ccccc1. The number of ether oxygens (including phenoxy) is 1. The topological polar surface area (TPSA) is 59.0 Å². The van der Waals surface area contributed by atoms with E-state index in [2.05, 4.69) is 0 Å². The number of carbonyl (C=O) groups is 1. The Labute approximate surface area is 129 Å². The molecule has 1 aromatic rings. The van der Waals surface area contributed by atoms with E-state index in [0.29, 0.717) is 12.2 Å². The molecule has 1 saturated heterocycles. The molecule has 116 valence electrons. The molecule has 0 unspecified atom stereocenters. The van der Waals surface area contributed by atoms with Crippen molar-refractivity contribution in [2.45, 2.75) is 31.4 Å². The minimum Gasteiger partial charge on any atom is -0.446 e. The van der Waals surface area contributed by atoms with E-state index in [0.717, 1.165) is 0 Å². The summed E-state index contributed by atoms with van der Waals surface area (Å²) in [6.45, 7) is 4.31. The Balaban J connectivity index is 1.91. The lowest BCUT2D eigenvalue weighted by Crippen LogP contribution is -2.39. The van der Waals surface area contributed by atoms with Gasteiger partial charge in [0.05, 0.1) is 24.1 Å². The highest BCUT2D eigenvalue weighted by Gasteiger charge is 2.37. The fourth-order valence-corrected chi connectivity index (χ4v) is 2.34. The Morgan fingerprint density at radius 1 is 1.43 bits per heavy atom. The molecule has 1 amide bonds. The van der Waals surface area contributed by atoms with Gasteiger partial charge in [0.1, 0.15) is 6.61 Å². The predicted octanol–water partition coefficient (Wildman–Crippen LogP) is 2.74. The van der Waals surface area contributed by atoms with E-state index in [4.69, 9.17) is 21.2 Å². The molecule has 6 heteroatoms. The second kappa shape index (κ2) is 7.11. The second-order valence-electron chi connectivity index (χ2n) is 5.38. The van der Waals surface area contributed by atoms with Crippen molar-refractivity contribution in [2.75, 3.05) is 13.2 Å². The molecule has 1 N–H and O–H groups in total. The van der Waals surface area contributed by atoms with E-state index < -0.39 is 17.6 Å². The third kappa shape index (κ3) is 3.87. The van der Waals surface area contributed by atoms with Gasteiger partial charge in [0.25, 0.3) is 0 Å². The fourth-order valence-electron chi connectivity index (χ4n) is 2.14. The number of hydrogen-bond acceptors (Lipinski definition) is 4. The zero-order valence-electron chi connectivity index (χ0n) is 12.1. The van der Waals surface area contributed by atoms with Gasteiger partial charge < -0.3 is 9.84 Å². The lowest BCUT2D eigenvalue weighted by atomic mass is 10.1. The van der Waals surface area contributed by atoms with E-state index in [1.807, 2.05) is 32.0 Å². The molecule has 0 aromatic heterocycles. The molecule has 1 fully saturated rings. The van der Waals surface area contributed by atoms with Crippen LogP contribution in [0.2, 0.25) is 0 Å². The van der Waals surface area contributed by atoms with Crippen molar-refractivity contribution in [3.63, 3.8) is 0 Å². The number of aliphatic hydroxyl groups excluding tert-OH is 1. The van der Waals surface area contributed by atoms with Gasteiger partial charge in [-0.1, -0.05) is 44.2 Å². The summed E-state index contributed by atoms with van der Waals surface area (Å²) in [5, 5.41) is 10.7. The van der Waals surface area contributed by atoms with E-state index in [9.17, 15) is 9.90 Å². The van der Waals surface area contributed by atoms with Crippen LogP contribution in [0.15, 0.2) is 30.3 Å². The van der Waals surface area contributed by atoms with Gasteiger partial charge in [0.2, 0.25) is 0 Å². The second-order valence-corrected chi connectivity index (χ2v) is 5.94. The number of alkyl halides is 1. The number of amides is 1. The summed E-state index contributed by atoms with van der Waals surface area (Å²) in [5.74, 6) is 0.212. The highest BCUT2D eigenvalue weighted by Crippen LogP contribution is 2.24. The maximum absolute atomic E-state index is 11.6. The Bertz CT molecular complexity index is 468. The predicted molar refractivity (Wildman–Crippen MR) is 78.8 cm³/mol. The minimum absolute atomic E-state index is 0.0237. The molecule has 0 spiro atoms. The Hall–Kier alpha value is -1.30. The number of rotatable bonds is 6. The normalized spacial score (nSPS) is 21.5. The van der Waals surface area contributed by atoms with Crippen LogP contribution in [0.3, 0.4) is 0 Å². The van der Waals surface area contributed by atoms with Crippen LogP contribution in [0.4, 0.5) is 4.79 Å². The summed E-state index contributed by atoms with van der Waals surface area (Å²) in [6.07, 6.45) is -1.37. The molecule has 21 heavy (non-hydrogen) atoms. The highest BCUT2D eigenvalue weighted by atomic mass is 35.5. The molecular formula is C15H20ClNO4. The summed E-state index contributed by atoms with van der Waals surface area (Å²) in [7, 11) is 0. The number of hydroxylamine groups is 2. The smallest absolute Gasteiger partial charge is 0.434 e. The quantitative estimate of drug-likeness (QED) is 0.820. The van der Waals surface area contributed by atoms with Gasteiger partial charge >= 0.3 is 6.09 Å². The first-order valence-corrected chi connectivity index (χ1v) is 7.40.